The van der Waals surface area contributed by atoms with Crippen LogP contribution in [0.3, 0.4) is 0 Å². The number of benzene rings is 4. The Labute approximate surface area is 296 Å². The summed E-state index contributed by atoms with van der Waals surface area (Å²) in [5, 5.41) is 7.39. The Morgan fingerprint density at radius 1 is 0.740 bits per heavy atom. The number of rotatable bonds is 12. The second kappa shape index (κ2) is 14.4. The van der Waals surface area contributed by atoms with E-state index in [4.69, 9.17) is 14.8 Å². The minimum absolute atomic E-state index is 0.492. The topological polar surface area (TPSA) is 44.9 Å². The number of aryl methyl sites for hydroxylation is 2. The van der Waals surface area contributed by atoms with Gasteiger partial charge in [0.05, 0.1) is 22.4 Å². The summed E-state index contributed by atoms with van der Waals surface area (Å²) in [4.78, 5) is 4.89. The van der Waals surface area contributed by atoms with Crippen molar-refractivity contribution in [3.63, 3.8) is 0 Å². The van der Waals surface area contributed by atoms with Crippen molar-refractivity contribution in [3.05, 3.63) is 132 Å². The molecule has 50 heavy (non-hydrogen) atoms. The van der Waals surface area contributed by atoms with E-state index >= 15 is 0 Å². The Morgan fingerprint density at radius 2 is 1.56 bits per heavy atom. The zero-order valence-corrected chi connectivity index (χ0v) is 30.3. The van der Waals surface area contributed by atoms with Crippen molar-refractivity contribution >= 4 is 21.8 Å². The van der Waals surface area contributed by atoms with Crippen LogP contribution in [0.15, 0.2) is 109 Å². The van der Waals surface area contributed by atoms with Crippen LogP contribution in [0, 0.1) is 19.8 Å². The van der Waals surface area contributed by atoms with Gasteiger partial charge in [-0.2, -0.15) is 5.10 Å². The highest BCUT2D eigenvalue weighted by atomic mass is 16.5. The molecule has 7 aromatic rings. The molecule has 0 aliphatic carbocycles. The van der Waals surface area contributed by atoms with Gasteiger partial charge in [0.1, 0.15) is 17.3 Å². The number of ether oxygens (including phenoxy) is 1. The monoisotopic (exact) mass is 660 g/mol. The zero-order valence-electron chi connectivity index (χ0n) is 30.3. The molecule has 2 atom stereocenters. The van der Waals surface area contributed by atoms with E-state index in [0.29, 0.717) is 11.8 Å². The fraction of sp³-hybridized carbons (Fsp3) is 0.289. The smallest absolute Gasteiger partial charge is 0.137 e. The summed E-state index contributed by atoms with van der Waals surface area (Å²) < 4.78 is 10.9. The molecule has 5 nitrogen and oxygen atoms in total. The highest BCUT2D eigenvalue weighted by Gasteiger charge is 2.19. The molecular formula is C45H48N4O. The first-order valence-electron chi connectivity index (χ1n) is 18.3. The lowest BCUT2D eigenvalue weighted by Gasteiger charge is -2.17. The van der Waals surface area contributed by atoms with Gasteiger partial charge in [-0.15, -0.1) is 0 Å². The van der Waals surface area contributed by atoms with Crippen LogP contribution in [-0.2, 0) is 6.42 Å². The van der Waals surface area contributed by atoms with E-state index in [2.05, 4.69) is 131 Å². The molecule has 4 aromatic carbocycles. The number of pyridine rings is 1. The summed E-state index contributed by atoms with van der Waals surface area (Å²) in [7, 11) is 0. The normalized spacial score (nSPS) is 12.8. The summed E-state index contributed by atoms with van der Waals surface area (Å²) >= 11 is 0. The Balaban J connectivity index is 1.28. The third-order valence-corrected chi connectivity index (χ3v) is 10.1. The summed E-state index contributed by atoms with van der Waals surface area (Å²) in [6, 6.07) is 36.5. The SMILES string of the molecule is CCCc1ccnc(-n2c3ccc(C(C)CC(C)CCC)cc3c3ccc(Oc4cccc(-n5nc(C)c(-c6ccccc6)c5C)c4)cc32)c1. The van der Waals surface area contributed by atoms with E-state index in [-0.39, 0.29) is 0 Å². The van der Waals surface area contributed by atoms with Crippen LogP contribution in [-0.4, -0.2) is 19.3 Å². The maximum Gasteiger partial charge on any atom is 0.137 e. The number of fused-ring (bicyclic) bond motifs is 3. The van der Waals surface area contributed by atoms with Crippen molar-refractivity contribution in [1.82, 2.24) is 19.3 Å². The molecule has 0 fully saturated rings. The summed E-state index contributed by atoms with van der Waals surface area (Å²) in [6.07, 6.45) is 7.76. The Morgan fingerprint density at radius 3 is 2.36 bits per heavy atom. The first-order valence-corrected chi connectivity index (χ1v) is 18.3. The Hall–Kier alpha value is -5.16. The van der Waals surface area contributed by atoms with Crippen LogP contribution in [0.5, 0.6) is 11.5 Å². The van der Waals surface area contributed by atoms with E-state index in [0.717, 1.165) is 58.3 Å². The molecule has 0 saturated heterocycles. The fourth-order valence-electron chi connectivity index (χ4n) is 7.74. The average Bonchev–Trinajstić information content (AvgIpc) is 3.61. The molecular weight excluding hydrogens is 613 g/mol. The lowest BCUT2D eigenvalue weighted by Crippen LogP contribution is -2.02. The zero-order chi connectivity index (χ0) is 34.8. The van der Waals surface area contributed by atoms with Gasteiger partial charge in [0, 0.05) is 40.4 Å². The number of aromatic nitrogens is 4. The van der Waals surface area contributed by atoms with E-state index in [9.17, 15) is 0 Å². The molecule has 0 N–H and O–H groups in total. The van der Waals surface area contributed by atoms with Crippen molar-refractivity contribution in [1.29, 1.82) is 0 Å². The largest absolute Gasteiger partial charge is 0.457 e. The molecule has 5 heteroatoms. The van der Waals surface area contributed by atoms with Crippen LogP contribution in [0.2, 0.25) is 0 Å². The minimum atomic E-state index is 0.492. The van der Waals surface area contributed by atoms with Gasteiger partial charge in [-0.1, -0.05) is 89.4 Å². The van der Waals surface area contributed by atoms with E-state index in [1.165, 1.54) is 52.3 Å². The molecule has 0 amide bonds. The molecule has 0 radical (unpaired) electrons. The highest BCUT2D eigenvalue weighted by molar-refractivity contribution is 6.09. The average molecular weight is 661 g/mol. The maximum absolute atomic E-state index is 6.61. The lowest BCUT2D eigenvalue weighted by molar-refractivity contribution is 0.449. The van der Waals surface area contributed by atoms with Crippen LogP contribution in [0.25, 0.3) is 44.4 Å². The third-order valence-electron chi connectivity index (χ3n) is 10.1. The van der Waals surface area contributed by atoms with Gasteiger partial charge in [0.2, 0.25) is 0 Å². The number of hydrogen-bond acceptors (Lipinski definition) is 3. The molecule has 0 bridgehead atoms. The predicted molar refractivity (Wildman–Crippen MR) is 208 cm³/mol. The van der Waals surface area contributed by atoms with Gasteiger partial charge < -0.3 is 4.74 Å². The van der Waals surface area contributed by atoms with E-state index < -0.39 is 0 Å². The molecule has 3 aromatic heterocycles. The van der Waals surface area contributed by atoms with Crippen LogP contribution >= 0.6 is 0 Å². The second-order valence-corrected chi connectivity index (χ2v) is 14.0. The first kappa shape index (κ1) is 33.3. The van der Waals surface area contributed by atoms with Gasteiger partial charge in [-0.3, -0.25) is 4.57 Å². The third kappa shape index (κ3) is 6.57. The van der Waals surface area contributed by atoms with Crippen molar-refractivity contribution in [2.45, 2.75) is 79.6 Å². The number of hydrogen-bond donors (Lipinski definition) is 0. The molecule has 0 aliphatic heterocycles. The lowest BCUT2D eigenvalue weighted by atomic mass is 9.88. The van der Waals surface area contributed by atoms with Gasteiger partial charge >= 0.3 is 0 Å². The predicted octanol–water partition coefficient (Wildman–Crippen LogP) is 12.3. The minimum Gasteiger partial charge on any atom is -0.457 e. The van der Waals surface area contributed by atoms with Crippen molar-refractivity contribution in [3.8, 4) is 34.1 Å². The molecule has 7 rings (SSSR count). The quantitative estimate of drug-likeness (QED) is 0.131. The molecule has 3 heterocycles. The molecule has 0 aliphatic rings. The van der Waals surface area contributed by atoms with Crippen molar-refractivity contribution in [2.24, 2.45) is 5.92 Å². The number of nitrogens with zero attached hydrogens (tertiary/aromatic N) is 4. The summed E-state index contributed by atoms with van der Waals surface area (Å²) in [5.74, 6) is 3.68. The summed E-state index contributed by atoms with van der Waals surface area (Å²) in [6.45, 7) is 13.5. The molecule has 254 valence electrons. The molecule has 2 unspecified atom stereocenters. The van der Waals surface area contributed by atoms with Crippen LogP contribution in [0.1, 0.15) is 81.8 Å². The molecule has 0 saturated carbocycles. The van der Waals surface area contributed by atoms with Crippen molar-refractivity contribution in [2.75, 3.05) is 0 Å². The maximum atomic E-state index is 6.61. The van der Waals surface area contributed by atoms with Crippen molar-refractivity contribution < 1.29 is 4.74 Å². The van der Waals surface area contributed by atoms with E-state index in [1.807, 2.05) is 29.1 Å². The Bertz CT molecular complexity index is 2260. The van der Waals surface area contributed by atoms with E-state index in [1.54, 1.807) is 0 Å². The standard InChI is InChI=1S/C45H48N4O/c1-7-13-30(3)25-31(4)36-19-22-42-41(27-36)40-21-20-39(29-43(40)48(42)44-26-34(14-8-2)23-24-46-44)50-38-18-12-17-37(28-38)49-33(6)45(32(5)47-49)35-15-10-9-11-16-35/h9-12,15-24,26-31H,7-8,13-14,25H2,1-6H3. The van der Waals surface area contributed by atoms with Crippen LogP contribution in [0.4, 0.5) is 0 Å². The highest BCUT2D eigenvalue weighted by Crippen LogP contribution is 2.38. The molecule has 0 spiro atoms. The van der Waals surface area contributed by atoms with Gasteiger partial charge in [0.25, 0.3) is 0 Å². The first-order chi connectivity index (χ1) is 24.3. The van der Waals surface area contributed by atoms with Gasteiger partial charge in [0.15, 0.2) is 0 Å². The second-order valence-electron chi connectivity index (χ2n) is 14.0. The fourth-order valence-corrected chi connectivity index (χ4v) is 7.74. The van der Waals surface area contributed by atoms with Gasteiger partial charge in [-0.25, -0.2) is 9.67 Å². The van der Waals surface area contributed by atoms with Gasteiger partial charge in [-0.05, 0) is 104 Å². The Kier molecular flexibility index (Phi) is 9.58. The summed E-state index contributed by atoms with van der Waals surface area (Å²) in [5.41, 5.74) is 10.3. The van der Waals surface area contributed by atoms with Crippen LogP contribution < -0.4 is 4.74 Å².